The first-order chi connectivity index (χ1) is 11.0. The van der Waals surface area contributed by atoms with Crippen molar-refractivity contribution in [2.45, 2.75) is 24.5 Å². The molecular formula is C13H18FN3O6. The molecule has 0 radical (unpaired) electrons. The van der Waals surface area contributed by atoms with Crippen LogP contribution in [-0.4, -0.2) is 71.1 Å². The molecule has 4 atom stereocenters. The van der Waals surface area contributed by atoms with Crippen LogP contribution in [0.4, 0.5) is 10.1 Å². The van der Waals surface area contributed by atoms with Gasteiger partial charge in [0.05, 0.1) is 13.2 Å². The minimum atomic E-state index is -1.48. The van der Waals surface area contributed by atoms with Crippen LogP contribution in [-0.2, 0) is 9.47 Å². The molecule has 0 amide bonds. The largest absolute Gasteiger partial charge is 0.387 e. The second kappa shape index (κ2) is 6.40. The van der Waals surface area contributed by atoms with Gasteiger partial charge in [0, 0.05) is 19.3 Å². The van der Waals surface area contributed by atoms with Crippen molar-refractivity contribution in [2.24, 2.45) is 0 Å². The maximum atomic E-state index is 12.8. The fraction of sp³-hybridized carbons (Fsp3) is 0.692. The van der Waals surface area contributed by atoms with Crippen LogP contribution in [0.5, 0.6) is 0 Å². The molecule has 2 aliphatic rings. The molecule has 2 fully saturated rings. The Morgan fingerprint density at radius 3 is 2.57 bits per heavy atom. The summed E-state index contributed by atoms with van der Waals surface area (Å²) >= 11 is 0. The van der Waals surface area contributed by atoms with E-state index in [1.165, 1.54) is 6.20 Å². The fourth-order valence-corrected chi connectivity index (χ4v) is 2.78. The Labute approximate surface area is 129 Å². The lowest BCUT2D eigenvalue weighted by Gasteiger charge is -2.28. The first-order valence-electron chi connectivity index (χ1n) is 7.28. The molecule has 128 valence electrons. The molecule has 0 unspecified atom stereocenters. The van der Waals surface area contributed by atoms with Crippen LogP contribution in [0.3, 0.4) is 0 Å². The standard InChI is InChI=1S/C13H18FN3O6/c14-5-8-9(18)10(19)12(23-8)17-6-7(11(20)15-13(17)21)16-1-3-22-4-2-16/h6,8-10,12,18-19H,1-5H2,(H,15,20,21)/t8-,9+,10-,12+/m0/s1. The number of H-pyrrole nitrogens is 1. The van der Waals surface area contributed by atoms with E-state index in [1.807, 2.05) is 0 Å². The van der Waals surface area contributed by atoms with Gasteiger partial charge >= 0.3 is 5.69 Å². The van der Waals surface area contributed by atoms with Crippen LogP contribution in [0.15, 0.2) is 15.8 Å². The minimum Gasteiger partial charge on any atom is -0.387 e. The van der Waals surface area contributed by atoms with Crippen LogP contribution in [0.2, 0.25) is 0 Å². The first kappa shape index (κ1) is 16.1. The van der Waals surface area contributed by atoms with Crippen molar-refractivity contribution < 1.29 is 24.1 Å². The summed E-state index contributed by atoms with van der Waals surface area (Å²) in [5.41, 5.74) is -1.15. The number of nitrogens with zero attached hydrogens (tertiary/aromatic N) is 2. The minimum absolute atomic E-state index is 0.224. The van der Waals surface area contributed by atoms with Gasteiger partial charge in [-0.2, -0.15) is 0 Å². The van der Waals surface area contributed by atoms with Crippen molar-refractivity contribution in [3.05, 3.63) is 27.0 Å². The summed E-state index contributed by atoms with van der Waals surface area (Å²) in [4.78, 5) is 27.9. The summed E-state index contributed by atoms with van der Waals surface area (Å²) < 4.78 is 24.2. The number of morpholine rings is 1. The molecule has 1 aromatic rings. The second-order valence-electron chi connectivity index (χ2n) is 5.48. The molecule has 2 saturated heterocycles. The van der Waals surface area contributed by atoms with Crippen LogP contribution in [0.1, 0.15) is 6.23 Å². The van der Waals surface area contributed by atoms with Gasteiger partial charge in [0.1, 0.15) is 30.7 Å². The summed E-state index contributed by atoms with van der Waals surface area (Å²) in [6.45, 7) is 0.854. The summed E-state index contributed by atoms with van der Waals surface area (Å²) in [6.07, 6.45) is -4.16. The van der Waals surface area contributed by atoms with Gasteiger partial charge in [0.15, 0.2) is 6.23 Å². The Hall–Kier alpha value is -1.75. The van der Waals surface area contributed by atoms with Crippen LogP contribution >= 0.6 is 0 Å². The molecule has 9 nitrogen and oxygen atoms in total. The monoisotopic (exact) mass is 331 g/mol. The number of anilines is 1. The highest BCUT2D eigenvalue weighted by atomic mass is 19.1. The quantitative estimate of drug-likeness (QED) is 0.584. The number of nitrogens with one attached hydrogen (secondary N) is 1. The summed E-state index contributed by atoms with van der Waals surface area (Å²) in [5.74, 6) is 0. The fourth-order valence-electron chi connectivity index (χ4n) is 2.78. The zero-order valence-corrected chi connectivity index (χ0v) is 12.2. The molecular weight excluding hydrogens is 313 g/mol. The number of aliphatic hydroxyl groups excluding tert-OH is 2. The SMILES string of the molecule is O=c1[nH]c(=O)n([C@@H]2O[C@@H](CF)[C@@H](O)[C@@H]2O)cc1N1CCOCC1. The molecule has 0 spiro atoms. The maximum Gasteiger partial charge on any atom is 0.330 e. The van der Waals surface area contributed by atoms with Crippen molar-refractivity contribution in [1.82, 2.24) is 9.55 Å². The van der Waals surface area contributed by atoms with Gasteiger partial charge in [-0.05, 0) is 0 Å². The third-order valence-corrected chi connectivity index (χ3v) is 4.06. The number of hydrogen-bond donors (Lipinski definition) is 3. The molecule has 0 bridgehead atoms. The molecule has 1 aromatic heterocycles. The summed E-state index contributed by atoms with van der Waals surface area (Å²) in [7, 11) is 0. The van der Waals surface area contributed by atoms with Gasteiger partial charge in [0.25, 0.3) is 5.56 Å². The molecule has 0 aromatic carbocycles. The van der Waals surface area contributed by atoms with E-state index in [0.717, 1.165) is 4.57 Å². The smallest absolute Gasteiger partial charge is 0.330 e. The Bertz CT molecular complexity index is 670. The van der Waals surface area contributed by atoms with Crippen molar-refractivity contribution in [1.29, 1.82) is 0 Å². The Morgan fingerprint density at radius 1 is 1.26 bits per heavy atom. The highest BCUT2D eigenvalue weighted by Crippen LogP contribution is 2.29. The lowest BCUT2D eigenvalue weighted by atomic mass is 10.1. The number of ether oxygens (including phenoxy) is 2. The Kier molecular flexibility index (Phi) is 4.48. The van der Waals surface area contributed by atoms with Crippen LogP contribution in [0, 0.1) is 0 Å². The number of aromatic nitrogens is 2. The van der Waals surface area contributed by atoms with Gasteiger partial charge in [-0.15, -0.1) is 0 Å². The maximum absolute atomic E-state index is 12.8. The average Bonchev–Trinajstić information content (AvgIpc) is 2.84. The Balaban J connectivity index is 1.96. The van der Waals surface area contributed by atoms with Gasteiger partial charge in [0.2, 0.25) is 0 Å². The van der Waals surface area contributed by atoms with E-state index in [0.29, 0.717) is 26.3 Å². The van der Waals surface area contributed by atoms with E-state index >= 15 is 0 Å². The third-order valence-electron chi connectivity index (χ3n) is 4.06. The molecule has 3 heterocycles. The molecule has 23 heavy (non-hydrogen) atoms. The van der Waals surface area contributed by atoms with E-state index in [2.05, 4.69) is 4.98 Å². The average molecular weight is 331 g/mol. The number of hydrogen-bond acceptors (Lipinski definition) is 7. The first-order valence-corrected chi connectivity index (χ1v) is 7.28. The number of rotatable bonds is 3. The number of alkyl halides is 1. The zero-order valence-electron chi connectivity index (χ0n) is 12.2. The van der Waals surface area contributed by atoms with E-state index in [1.54, 1.807) is 4.90 Å². The summed E-state index contributed by atoms with van der Waals surface area (Å²) in [5, 5.41) is 19.7. The highest BCUT2D eigenvalue weighted by Gasteiger charge is 2.44. The van der Waals surface area contributed by atoms with Gasteiger partial charge in [-0.3, -0.25) is 14.3 Å². The highest BCUT2D eigenvalue weighted by molar-refractivity contribution is 5.42. The molecule has 3 N–H and O–H groups in total. The van der Waals surface area contributed by atoms with Gasteiger partial charge in [-0.1, -0.05) is 0 Å². The predicted molar refractivity (Wildman–Crippen MR) is 76.3 cm³/mol. The van der Waals surface area contributed by atoms with Crippen molar-refractivity contribution in [3.8, 4) is 0 Å². The third kappa shape index (κ3) is 2.90. The number of aromatic amines is 1. The molecule has 0 aliphatic carbocycles. The van der Waals surface area contributed by atoms with Crippen LogP contribution < -0.4 is 16.1 Å². The van der Waals surface area contributed by atoms with Crippen molar-refractivity contribution in [2.75, 3.05) is 37.9 Å². The lowest BCUT2D eigenvalue weighted by Crippen LogP contribution is -2.43. The number of aliphatic hydroxyl groups is 2. The molecule has 3 rings (SSSR count). The molecule has 0 saturated carbocycles. The van der Waals surface area contributed by atoms with Crippen molar-refractivity contribution >= 4 is 5.69 Å². The normalized spacial score (nSPS) is 31.5. The predicted octanol–water partition coefficient (Wildman–Crippen LogP) is -2.04. The Morgan fingerprint density at radius 2 is 1.96 bits per heavy atom. The number of halogens is 1. The zero-order chi connectivity index (χ0) is 16.6. The van der Waals surface area contributed by atoms with E-state index in [-0.39, 0.29) is 5.69 Å². The van der Waals surface area contributed by atoms with Crippen molar-refractivity contribution in [3.63, 3.8) is 0 Å². The summed E-state index contributed by atoms with van der Waals surface area (Å²) in [6, 6.07) is 0. The van der Waals surface area contributed by atoms with Gasteiger partial charge in [-0.25, -0.2) is 9.18 Å². The van der Waals surface area contributed by atoms with E-state index in [4.69, 9.17) is 9.47 Å². The topological polar surface area (TPSA) is 117 Å². The second-order valence-corrected chi connectivity index (χ2v) is 5.48. The van der Waals surface area contributed by atoms with E-state index < -0.39 is 42.5 Å². The molecule has 2 aliphatic heterocycles. The molecule has 10 heteroatoms. The lowest BCUT2D eigenvalue weighted by molar-refractivity contribution is -0.0454. The van der Waals surface area contributed by atoms with Crippen LogP contribution in [0.25, 0.3) is 0 Å². The van der Waals surface area contributed by atoms with Gasteiger partial charge < -0.3 is 24.6 Å². The van der Waals surface area contributed by atoms with E-state index in [9.17, 15) is 24.2 Å².